The van der Waals surface area contributed by atoms with Crippen molar-refractivity contribution in [2.45, 2.75) is 32.4 Å². The molecular weight excluding hydrogens is 282 g/mol. The summed E-state index contributed by atoms with van der Waals surface area (Å²) < 4.78 is 20.9. The van der Waals surface area contributed by atoms with E-state index >= 15 is 0 Å². The minimum Gasteiger partial charge on any atom is -0.450 e. The van der Waals surface area contributed by atoms with Crippen molar-refractivity contribution in [3.63, 3.8) is 0 Å². The van der Waals surface area contributed by atoms with Crippen LogP contribution in [0.5, 0.6) is 0 Å². The molecule has 0 aliphatic rings. The van der Waals surface area contributed by atoms with Crippen LogP contribution >= 0.6 is 0 Å². The zero-order valence-electron chi connectivity index (χ0n) is 13.0. The van der Waals surface area contributed by atoms with Crippen molar-refractivity contribution in [3.8, 4) is 0 Å². The van der Waals surface area contributed by atoms with Crippen molar-refractivity contribution in [1.82, 2.24) is 4.90 Å². The van der Waals surface area contributed by atoms with Crippen LogP contribution in [0.3, 0.4) is 0 Å². The molecule has 1 N–H and O–H groups in total. The van der Waals surface area contributed by atoms with Gasteiger partial charge in [0.05, 0.1) is 12.7 Å². The first kappa shape index (κ1) is 19.3. The Kier molecular flexibility index (Phi) is 9.77. The number of nitrogens with zero attached hydrogens (tertiary/aromatic N) is 1. The van der Waals surface area contributed by atoms with E-state index in [9.17, 15) is 9.90 Å². The van der Waals surface area contributed by atoms with E-state index in [1.54, 1.807) is 35.2 Å². The molecule has 0 spiro atoms. The average molecular weight is 309 g/mol. The van der Waals surface area contributed by atoms with E-state index in [2.05, 4.69) is 0 Å². The number of hydrogen-bond donors (Lipinski definition) is 1. The third kappa shape index (κ3) is 6.66. The van der Waals surface area contributed by atoms with Gasteiger partial charge in [-0.15, -0.1) is 0 Å². The molecule has 20 heavy (non-hydrogen) atoms. The minimum absolute atomic E-state index is 0.236. The van der Waals surface area contributed by atoms with Gasteiger partial charge in [0.25, 0.3) is 0 Å². The minimum atomic E-state index is -2.62. The lowest BCUT2D eigenvalue weighted by Gasteiger charge is -2.27. The molecule has 8 heteroatoms. The van der Waals surface area contributed by atoms with Crippen LogP contribution in [-0.4, -0.2) is 72.0 Å². The summed E-state index contributed by atoms with van der Waals surface area (Å²) >= 11 is 0. The molecule has 0 aliphatic carbocycles. The number of aliphatic hydroxyl groups excluding tert-OH is 1. The highest BCUT2D eigenvalue weighted by Gasteiger charge is 2.37. The van der Waals surface area contributed by atoms with Gasteiger partial charge >= 0.3 is 14.9 Å². The molecule has 0 radical (unpaired) electrons. The van der Waals surface area contributed by atoms with Gasteiger partial charge in [-0.25, -0.2) is 4.79 Å². The Morgan fingerprint density at radius 1 is 1.25 bits per heavy atom. The molecule has 1 unspecified atom stereocenters. The molecule has 0 aromatic rings. The standard InChI is InChI=1S/C12H27NO6Si/c1-6-19-12(15)13(10-11(2)14)8-7-9-20(16-3,17-4)18-5/h11,14H,6-10H2,1-5H3. The Balaban J connectivity index is 4.41. The van der Waals surface area contributed by atoms with Gasteiger partial charge in [-0.2, -0.15) is 0 Å². The third-order valence-corrected chi connectivity index (χ3v) is 5.69. The first-order chi connectivity index (χ1) is 9.44. The van der Waals surface area contributed by atoms with Crippen LogP contribution in [0.25, 0.3) is 0 Å². The molecule has 0 bridgehead atoms. The Hall–Kier alpha value is -0.673. The zero-order chi connectivity index (χ0) is 15.6. The molecule has 0 rings (SSSR count). The topological polar surface area (TPSA) is 77.5 Å². The van der Waals surface area contributed by atoms with Crippen molar-refractivity contribution in [1.29, 1.82) is 0 Å². The highest BCUT2D eigenvalue weighted by molar-refractivity contribution is 6.60. The van der Waals surface area contributed by atoms with Gasteiger partial charge in [0.15, 0.2) is 0 Å². The SMILES string of the molecule is CCOC(=O)N(CCC[Si](OC)(OC)OC)CC(C)O. The number of carbonyl (C=O) groups excluding carboxylic acids is 1. The van der Waals surface area contributed by atoms with E-state index in [1.807, 2.05) is 0 Å². The van der Waals surface area contributed by atoms with Crippen LogP contribution in [0.4, 0.5) is 4.79 Å². The van der Waals surface area contributed by atoms with E-state index in [4.69, 9.17) is 18.0 Å². The number of rotatable bonds is 10. The molecule has 1 atom stereocenters. The maximum atomic E-state index is 11.8. The summed E-state index contributed by atoms with van der Waals surface area (Å²) in [5.41, 5.74) is 0. The summed E-state index contributed by atoms with van der Waals surface area (Å²) in [7, 11) is 2.04. The van der Waals surface area contributed by atoms with Crippen molar-refractivity contribution in [3.05, 3.63) is 0 Å². The summed E-state index contributed by atoms with van der Waals surface area (Å²) in [4.78, 5) is 13.2. The van der Waals surface area contributed by atoms with Crippen LogP contribution in [0.15, 0.2) is 0 Å². The fourth-order valence-electron chi connectivity index (χ4n) is 1.83. The second kappa shape index (κ2) is 10.1. The summed E-state index contributed by atoms with van der Waals surface area (Å²) in [5, 5.41) is 9.42. The Morgan fingerprint density at radius 2 is 1.80 bits per heavy atom. The molecule has 0 aliphatic heterocycles. The second-order valence-electron chi connectivity index (χ2n) is 4.39. The smallest absolute Gasteiger partial charge is 0.450 e. The summed E-state index contributed by atoms with van der Waals surface area (Å²) in [6, 6.07) is 0.589. The van der Waals surface area contributed by atoms with Gasteiger partial charge in [-0.05, 0) is 20.3 Å². The van der Waals surface area contributed by atoms with E-state index in [-0.39, 0.29) is 6.54 Å². The lowest BCUT2D eigenvalue weighted by molar-refractivity contribution is 0.0791. The van der Waals surface area contributed by atoms with Gasteiger partial charge in [-0.3, -0.25) is 0 Å². The normalized spacial score (nSPS) is 13.1. The number of amides is 1. The van der Waals surface area contributed by atoms with Crippen LogP contribution < -0.4 is 0 Å². The molecule has 0 fully saturated rings. The lowest BCUT2D eigenvalue weighted by Crippen LogP contribution is -2.44. The Labute approximate surface area is 122 Å². The summed E-state index contributed by atoms with van der Waals surface area (Å²) in [6.45, 7) is 4.37. The van der Waals surface area contributed by atoms with Gasteiger partial charge in [0, 0.05) is 40.5 Å². The lowest BCUT2D eigenvalue weighted by atomic mass is 10.3. The van der Waals surface area contributed by atoms with Crippen molar-refractivity contribution in [2.75, 3.05) is 41.0 Å². The number of carbonyl (C=O) groups is 1. The number of hydrogen-bond acceptors (Lipinski definition) is 6. The van der Waals surface area contributed by atoms with E-state index < -0.39 is 21.0 Å². The fraction of sp³-hybridized carbons (Fsp3) is 0.917. The predicted molar refractivity (Wildman–Crippen MR) is 76.5 cm³/mol. The zero-order valence-corrected chi connectivity index (χ0v) is 14.0. The van der Waals surface area contributed by atoms with Crippen molar-refractivity contribution < 1.29 is 27.9 Å². The summed E-state index contributed by atoms with van der Waals surface area (Å²) in [5.74, 6) is 0. The molecule has 0 aromatic carbocycles. The monoisotopic (exact) mass is 309 g/mol. The summed E-state index contributed by atoms with van der Waals surface area (Å²) in [6.07, 6.45) is -0.380. The molecule has 120 valence electrons. The second-order valence-corrected chi connectivity index (χ2v) is 7.48. The van der Waals surface area contributed by atoms with Gasteiger partial charge in [0.1, 0.15) is 0 Å². The Bertz CT molecular complexity index is 264. The molecule has 0 heterocycles. The Morgan fingerprint density at radius 3 is 2.20 bits per heavy atom. The van der Waals surface area contributed by atoms with Gasteiger partial charge in [0.2, 0.25) is 0 Å². The first-order valence-electron chi connectivity index (χ1n) is 6.69. The highest BCUT2D eigenvalue weighted by atomic mass is 28.4. The van der Waals surface area contributed by atoms with Crippen LogP contribution in [0, 0.1) is 0 Å². The molecule has 0 saturated heterocycles. The largest absolute Gasteiger partial charge is 0.500 e. The first-order valence-corrected chi connectivity index (χ1v) is 8.63. The third-order valence-electron chi connectivity index (χ3n) is 2.85. The van der Waals surface area contributed by atoms with E-state index in [0.29, 0.717) is 25.6 Å². The number of aliphatic hydroxyl groups is 1. The van der Waals surface area contributed by atoms with Crippen molar-refractivity contribution in [2.24, 2.45) is 0 Å². The molecule has 0 saturated carbocycles. The molecular formula is C12H27NO6Si. The predicted octanol–water partition coefficient (Wildman–Crippen LogP) is 1.09. The quantitative estimate of drug-likeness (QED) is 0.609. The molecule has 7 nitrogen and oxygen atoms in total. The van der Waals surface area contributed by atoms with Crippen molar-refractivity contribution >= 4 is 14.9 Å². The number of ether oxygens (including phenoxy) is 1. The van der Waals surface area contributed by atoms with Crippen LogP contribution in [-0.2, 0) is 18.0 Å². The molecule has 1 amide bonds. The van der Waals surface area contributed by atoms with Crippen LogP contribution in [0.2, 0.25) is 6.04 Å². The average Bonchev–Trinajstić information content (AvgIpc) is 2.43. The highest BCUT2D eigenvalue weighted by Crippen LogP contribution is 2.15. The maximum Gasteiger partial charge on any atom is 0.500 e. The van der Waals surface area contributed by atoms with Gasteiger partial charge < -0.3 is 28.0 Å². The fourth-order valence-corrected chi connectivity index (χ4v) is 3.54. The van der Waals surface area contributed by atoms with Crippen LogP contribution in [0.1, 0.15) is 20.3 Å². The van der Waals surface area contributed by atoms with E-state index in [0.717, 1.165) is 0 Å². The van der Waals surface area contributed by atoms with Gasteiger partial charge in [-0.1, -0.05) is 0 Å². The van der Waals surface area contributed by atoms with E-state index in [1.165, 1.54) is 4.90 Å². The molecule has 0 aromatic heterocycles. The maximum absolute atomic E-state index is 11.8.